The van der Waals surface area contributed by atoms with E-state index in [1.54, 1.807) is 6.07 Å². The van der Waals surface area contributed by atoms with Crippen LogP contribution < -0.4 is 10.2 Å². The number of nitrogens with zero attached hydrogens (tertiary/aromatic N) is 4. The van der Waals surface area contributed by atoms with Gasteiger partial charge in [0, 0.05) is 39.3 Å². The molecule has 3 heterocycles. The second kappa shape index (κ2) is 8.39. The highest BCUT2D eigenvalue weighted by atomic mass is 16.5. The van der Waals surface area contributed by atoms with Gasteiger partial charge in [-0.05, 0) is 30.9 Å². The SMILES string of the molecule is CC1CCN(c2ccc(C(=O)NCCN3CCOCC3)nn2)CC1. The highest BCUT2D eigenvalue weighted by Gasteiger charge is 2.18. The maximum atomic E-state index is 12.1. The van der Waals surface area contributed by atoms with Crippen molar-refractivity contribution < 1.29 is 9.53 Å². The van der Waals surface area contributed by atoms with Crippen LogP contribution in [0.1, 0.15) is 30.3 Å². The number of hydrogen-bond donors (Lipinski definition) is 1. The van der Waals surface area contributed by atoms with Gasteiger partial charge in [-0.2, -0.15) is 0 Å². The van der Waals surface area contributed by atoms with E-state index in [2.05, 4.69) is 32.2 Å². The van der Waals surface area contributed by atoms with E-state index in [1.807, 2.05) is 6.07 Å². The van der Waals surface area contributed by atoms with E-state index in [1.165, 1.54) is 12.8 Å². The van der Waals surface area contributed by atoms with Crippen molar-refractivity contribution >= 4 is 11.7 Å². The molecule has 1 aromatic rings. The Kier molecular flexibility index (Phi) is 5.98. The van der Waals surface area contributed by atoms with Crippen LogP contribution in [0.4, 0.5) is 5.82 Å². The summed E-state index contributed by atoms with van der Waals surface area (Å²) in [6.45, 7) is 9.18. The van der Waals surface area contributed by atoms with Crippen LogP contribution in [0.3, 0.4) is 0 Å². The van der Waals surface area contributed by atoms with Crippen LogP contribution in [-0.2, 0) is 4.74 Å². The molecule has 24 heavy (non-hydrogen) atoms. The Balaban J connectivity index is 1.45. The molecule has 1 amide bonds. The third-order valence-corrected chi connectivity index (χ3v) is 4.81. The number of carbonyl (C=O) groups is 1. The molecule has 1 aromatic heterocycles. The van der Waals surface area contributed by atoms with Crippen LogP contribution in [0.2, 0.25) is 0 Å². The van der Waals surface area contributed by atoms with Gasteiger partial charge in [0.1, 0.15) is 0 Å². The zero-order valence-electron chi connectivity index (χ0n) is 14.4. The monoisotopic (exact) mass is 333 g/mol. The molecule has 0 atom stereocenters. The summed E-state index contributed by atoms with van der Waals surface area (Å²) >= 11 is 0. The highest BCUT2D eigenvalue weighted by molar-refractivity contribution is 5.92. The fourth-order valence-electron chi connectivity index (χ4n) is 3.10. The minimum absolute atomic E-state index is 0.158. The standard InChI is InChI=1S/C17H27N5O2/c1-14-4-7-22(8-5-14)16-3-2-15(19-20-16)17(23)18-6-9-21-10-12-24-13-11-21/h2-3,14H,4-13H2,1H3,(H,18,23). The maximum absolute atomic E-state index is 12.1. The predicted molar refractivity (Wildman–Crippen MR) is 92.2 cm³/mol. The van der Waals surface area contributed by atoms with E-state index in [-0.39, 0.29) is 5.91 Å². The van der Waals surface area contributed by atoms with E-state index in [9.17, 15) is 4.79 Å². The van der Waals surface area contributed by atoms with E-state index in [0.717, 1.165) is 57.7 Å². The van der Waals surface area contributed by atoms with Gasteiger partial charge in [-0.25, -0.2) is 0 Å². The molecule has 0 aliphatic carbocycles. The quantitative estimate of drug-likeness (QED) is 0.858. The molecule has 7 nitrogen and oxygen atoms in total. The topological polar surface area (TPSA) is 70.6 Å². The number of anilines is 1. The summed E-state index contributed by atoms with van der Waals surface area (Å²) in [5.74, 6) is 1.49. The van der Waals surface area contributed by atoms with Crippen molar-refractivity contribution in [3.8, 4) is 0 Å². The summed E-state index contributed by atoms with van der Waals surface area (Å²) < 4.78 is 5.31. The number of aromatic nitrogens is 2. The zero-order valence-corrected chi connectivity index (χ0v) is 14.4. The molecule has 0 aromatic carbocycles. The third-order valence-electron chi connectivity index (χ3n) is 4.81. The van der Waals surface area contributed by atoms with Crippen LogP contribution in [0.25, 0.3) is 0 Å². The second-order valence-corrected chi connectivity index (χ2v) is 6.66. The van der Waals surface area contributed by atoms with Gasteiger partial charge in [0.25, 0.3) is 5.91 Å². The summed E-state index contributed by atoms with van der Waals surface area (Å²) in [6.07, 6.45) is 2.37. The van der Waals surface area contributed by atoms with Crippen molar-refractivity contribution in [1.82, 2.24) is 20.4 Å². The second-order valence-electron chi connectivity index (χ2n) is 6.66. The first-order chi connectivity index (χ1) is 11.7. The van der Waals surface area contributed by atoms with E-state index in [4.69, 9.17) is 4.74 Å². The largest absolute Gasteiger partial charge is 0.379 e. The first kappa shape index (κ1) is 17.1. The zero-order chi connectivity index (χ0) is 16.8. The van der Waals surface area contributed by atoms with E-state index in [0.29, 0.717) is 12.2 Å². The fraction of sp³-hybridized carbons (Fsp3) is 0.706. The average molecular weight is 333 g/mol. The molecule has 7 heteroatoms. The molecule has 132 valence electrons. The Bertz CT molecular complexity index is 522. The normalized spacial score (nSPS) is 20.1. The minimum atomic E-state index is -0.158. The smallest absolute Gasteiger partial charge is 0.271 e. The summed E-state index contributed by atoms with van der Waals surface area (Å²) in [5.41, 5.74) is 0.381. The Labute approximate surface area is 143 Å². The van der Waals surface area contributed by atoms with Crippen LogP contribution in [-0.4, -0.2) is 73.5 Å². The molecule has 2 saturated heterocycles. The molecule has 1 N–H and O–H groups in total. The van der Waals surface area contributed by atoms with Crippen molar-refractivity contribution in [2.45, 2.75) is 19.8 Å². The number of rotatable bonds is 5. The highest BCUT2D eigenvalue weighted by Crippen LogP contribution is 2.20. The van der Waals surface area contributed by atoms with Crippen LogP contribution in [0.5, 0.6) is 0 Å². The van der Waals surface area contributed by atoms with Crippen LogP contribution >= 0.6 is 0 Å². The number of nitrogens with one attached hydrogen (secondary N) is 1. The Morgan fingerprint density at radius 3 is 2.62 bits per heavy atom. The number of hydrogen-bond acceptors (Lipinski definition) is 6. The van der Waals surface area contributed by atoms with Crippen molar-refractivity contribution in [1.29, 1.82) is 0 Å². The Morgan fingerprint density at radius 2 is 1.96 bits per heavy atom. The molecular weight excluding hydrogens is 306 g/mol. The van der Waals surface area contributed by atoms with Crippen LogP contribution in [0, 0.1) is 5.92 Å². The summed E-state index contributed by atoms with van der Waals surface area (Å²) in [6, 6.07) is 3.67. The van der Waals surface area contributed by atoms with Gasteiger partial charge >= 0.3 is 0 Å². The number of amides is 1. The lowest BCUT2D eigenvalue weighted by Gasteiger charge is -2.30. The first-order valence-corrected chi connectivity index (χ1v) is 8.89. The summed E-state index contributed by atoms with van der Waals surface area (Å²) in [5, 5.41) is 11.2. The van der Waals surface area contributed by atoms with E-state index >= 15 is 0 Å². The maximum Gasteiger partial charge on any atom is 0.271 e. The minimum Gasteiger partial charge on any atom is -0.379 e. The third kappa shape index (κ3) is 4.64. The Hall–Kier alpha value is -1.73. The molecule has 2 aliphatic heterocycles. The van der Waals surface area contributed by atoms with Gasteiger partial charge in [-0.15, -0.1) is 10.2 Å². The molecular formula is C17H27N5O2. The van der Waals surface area contributed by atoms with Crippen molar-refractivity contribution in [2.75, 3.05) is 57.4 Å². The number of morpholine rings is 1. The van der Waals surface area contributed by atoms with Gasteiger partial charge in [0.05, 0.1) is 13.2 Å². The molecule has 0 spiro atoms. The summed E-state index contributed by atoms with van der Waals surface area (Å²) in [4.78, 5) is 16.7. The lowest BCUT2D eigenvalue weighted by Crippen LogP contribution is -2.41. The molecule has 0 unspecified atom stereocenters. The van der Waals surface area contributed by atoms with Gasteiger partial charge in [0.15, 0.2) is 11.5 Å². The molecule has 0 saturated carbocycles. The molecule has 0 bridgehead atoms. The summed E-state index contributed by atoms with van der Waals surface area (Å²) in [7, 11) is 0. The van der Waals surface area contributed by atoms with Gasteiger partial charge in [0.2, 0.25) is 0 Å². The lowest BCUT2D eigenvalue weighted by atomic mass is 9.99. The van der Waals surface area contributed by atoms with Gasteiger partial charge in [-0.3, -0.25) is 9.69 Å². The van der Waals surface area contributed by atoms with Crippen LogP contribution in [0.15, 0.2) is 12.1 Å². The van der Waals surface area contributed by atoms with Gasteiger partial charge < -0.3 is 15.0 Å². The molecule has 2 fully saturated rings. The first-order valence-electron chi connectivity index (χ1n) is 8.89. The predicted octanol–water partition coefficient (Wildman–Crippen LogP) is 0.775. The lowest BCUT2D eigenvalue weighted by molar-refractivity contribution is 0.0383. The fourth-order valence-corrected chi connectivity index (χ4v) is 3.10. The van der Waals surface area contributed by atoms with Crippen molar-refractivity contribution in [2.24, 2.45) is 5.92 Å². The molecule has 2 aliphatic rings. The van der Waals surface area contributed by atoms with E-state index < -0.39 is 0 Å². The molecule has 0 radical (unpaired) electrons. The number of ether oxygens (including phenoxy) is 1. The molecule has 3 rings (SSSR count). The number of piperidine rings is 1. The van der Waals surface area contributed by atoms with Gasteiger partial charge in [-0.1, -0.05) is 6.92 Å². The number of carbonyl (C=O) groups excluding carboxylic acids is 1. The van der Waals surface area contributed by atoms with Crippen molar-refractivity contribution in [3.05, 3.63) is 17.8 Å². The Morgan fingerprint density at radius 1 is 1.21 bits per heavy atom. The van der Waals surface area contributed by atoms with Crippen molar-refractivity contribution in [3.63, 3.8) is 0 Å². The average Bonchev–Trinajstić information content (AvgIpc) is 2.63.